The average Bonchev–Trinajstić information content (AvgIpc) is 3.47. The Morgan fingerprint density at radius 3 is 0.756 bits per heavy atom. The molecule has 0 aromatic rings. The molecule has 0 radical (unpaired) electrons. The number of rotatable bonds is 64. The largest absolute Gasteiger partial charge is 0.462 e. The van der Waals surface area contributed by atoms with E-state index in [1.54, 1.807) is 0 Å². The molecule has 0 N–H and O–H groups in total. The molecule has 6 nitrogen and oxygen atoms in total. The Morgan fingerprint density at radius 1 is 0.256 bits per heavy atom. The van der Waals surface area contributed by atoms with Crippen molar-refractivity contribution in [3.05, 3.63) is 97.2 Å². The molecule has 0 aromatic heterocycles. The van der Waals surface area contributed by atoms with Crippen LogP contribution in [0.1, 0.15) is 348 Å². The first-order valence-electron chi connectivity index (χ1n) is 35.2. The number of hydrogen-bond donors (Lipinski definition) is 0. The predicted octanol–water partition coefficient (Wildman–Crippen LogP) is 24.4. The highest BCUT2D eigenvalue weighted by Gasteiger charge is 2.19. The third-order valence-electron chi connectivity index (χ3n) is 15.3. The summed E-state index contributed by atoms with van der Waals surface area (Å²) in [5.41, 5.74) is 0. The second-order valence-electron chi connectivity index (χ2n) is 23.4. The summed E-state index contributed by atoms with van der Waals surface area (Å²) in [5.74, 6) is -0.894. The zero-order chi connectivity index (χ0) is 59.2. The van der Waals surface area contributed by atoms with E-state index in [-0.39, 0.29) is 31.1 Å². The van der Waals surface area contributed by atoms with Crippen LogP contribution in [-0.4, -0.2) is 37.2 Å². The van der Waals surface area contributed by atoms with E-state index >= 15 is 0 Å². The highest BCUT2D eigenvalue weighted by molar-refractivity contribution is 5.71. The van der Waals surface area contributed by atoms with Crippen molar-refractivity contribution in [2.24, 2.45) is 0 Å². The van der Waals surface area contributed by atoms with Crippen LogP contribution in [0.25, 0.3) is 0 Å². The summed E-state index contributed by atoms with van der Waals surface area (Å²) >= 11 is 0. The van der Waals surface area contributed by atoms with Gasteiger partial charge in [0.2, 0.25) is 0 Å². The molecule has 82 heavy (non-hydrogen) atoms. The summed E-state index contributed by atoms with van der Waals surface area (Å²) in [6.45, 7) is 6.55. The van der Waals surface area contributed by atoms with Crippen molar-refractivity contribution in [3.8, 4) is 0 Å². The van der Waals surface area contributed by atoms with Gasteiger partial charge in [0.15, 0.2) is 6.10 Å². The molecule has 0 aromatic carbocycles. The number of carbonyl (C=O) groups is 3. The number of esters is 3. The van der Waals surface area contributed by atoms with Crippen LogP contribution in [0.3, 0.4) is 0 Å². The first kappa shape index (κ1) is 78.3. The van der Waals surface area contributed by atoms with Gasteiger partial charge in [0, 0.05) is 19.3 Å². The minimum Gasteiger partial charge on any atom is -0.462 e. The fraction of sp³-hybridized carbons (Fsp3) is 0.750. The van der Waals surface area contributed by atoms with Gasteiger partial charge in [-0.25, -0.2) is 0 Å². The zero-order valence-corrected chi connectivity index (χ0v) is 54.2. The molecule has 0 fully saturated rings. The van der Waals surface area contributed by atoms with Crippen LogP contribution in [0.15, 0.2) is 97.2 Å². The quantitative estimate of drug-likeness (QED) is 0.0261. The van der Waals surface area contributed by atoms with Crippen LogP contribution in [0.5, 0.6) is 0 Å². The van der Waals surface area contributed by atoms with Crippen LogP contribution in [-0.2, 0) is 28.6 Å². The molecule has 0 amide bonds. The SMILES string of the molecule is CC/C=C\C/C=C\C/C=C\C/C=C\C/C=C\C/C=C\C/C=C\CCCCCCCC(=O)OCC(COC(=O)CCCCCCC/C=C\CCCCCCCCC)OC(=O)CCCCCCCCCCCCCCCCCCCCCCC. The molecular weight excluding hydrogens is 1010 g/mol. The monoisotopic (exact) mass is 1140 g/mol. The molecule has 0 aliphatic carbocycles. The Bertz CT molecular complexity index is 1590. The lowest BCUT2D eigenvalue weighted by Gasteiger charge is -2.18. The highest BCUT2D eigenvalue weighted by atomic mass is 16.6. The summed E-state index contributed by atoms with van der Waals surface area (Å²) in [4.78, 5) is 38.5. The van der Waals surface area contributed by atoms with Crippen molar-refractivity contribution < 1.29 is 28.6 Å². The number of carbonyl (C=O) groups excluding carboxylic acids is 3. The van der Waals surface area contributed by atoms with Gasteiger partial charge in [-0.15, -0.1) is 0 Å². The molecule has 472 valence electrons. The second-order valence-corrected chi connectivity index (χ2v) is 23.4. The summed E-state index contributed by atoms with van der Waals surface area (Å²) in [6.07, 6.45) is 94.2. The van der Waals surface area contributed by atoms with Gasteiger partial charge in [-0.2, -0.15) is 0 Å². The second kappa shape index (κ2) is 69.8. The lowest BCUT2D eigenvalue weighted by Crippen LogP contribution is -2.30. The molecule has 0 aliphatic rings. The van der Waals surface area contributed by atoms with Crippen molar-refractivity contribution in [1.29, 1.82) is 0 Å². The number of allylic oxidation sites excluding steroid dienone is 16. The molecule has 0 spiro atoms. The van der Waals surface area contributed by atoms with Crippen molar-refractivity contribution in [3.63, 3.8) is 0 Å². The van der Waals surface area contributed by atoms with E-state index in [1.165, 1.54) is 180 Å². The Kier molecular flexibility index (Phi) is 66.7. The molecule has 0 saturated carbocycles. The summed E-state index contributed by atoms with van der Waals surface area (Å²) in [5, 5.41) is 0. The molecule has 0 rings (SSSR count). The number of ether oxygens (including phenoxy) is 3. The van der Waals surface area contributed by atoms with E-state index in [9.17, 15) is 14.4 Å². The summed E-state index contributed by atoms with van der Waals surface area (Å²) < 4.78 is 17.0. The maximum atomic E-state index is 13.0. The number of unbranched alkanes of at least 4 members (excludes halogenated alkanes) is 37. The van der Waals surface area contributed by atoms with Gasteiger partial charge in [0.25, 0.3) is 0 Å². The van der Waals surface area contributed by atoms with Crippen LogP contribution >= 0.6 is 0 Å². The third kappa shape index (κ3) is 67.1. The van der Waals surface area contributed by atoms with Gasteiger partial charge < -0.3 is 14.2 Å². The molecule has 0 heterocycles. The van der Waals surface area contributed by atoms with E-state index in [0.29, 0.717) is 19.3 Å². The molecule has 6 heteroatoms. The lowest BCUT2D eigenvalue weighted by molar-refractivity contribution is -0.167. The molecule has 1 unspecified atom stereocenters. The van der Waals surface area contributed by atoms with Crippen LogP contribution < -0.4 is 0 Å². The molecule has 0 aliphatic heterocycles. The Balaban J connectivity index is 4.39. The molecule has 0 bridgehead atoms. The first-order chi connectivity index (χ1) is 40.5. The molecule has 0 saturated heterocycles. The van der Waals surface area contributed by atoms with Gasteiger partial charge >= 0.3 is 17.9 Å². The van der Waals surface area contributed by atoms with Gasteiger partial charge in [-0.1, -0.05) is 323 Å². The topological polar surface area (TPSA) is 78.9 Å². The van der Waals surface area contributed by atoms with Crippen LogP contribution in [0, 0.1) is 0 Å². The number of hydrogen-bond acceptors (Lipinski definition) is 6. The minimum absolute atomic E-state index is 0.0851. The van der Waals surface area contributed by atoms with Gasteiger partial charge in [0.05, 0.1) is 0 Å². The lowest BCUT2D eigenvalue weighted by atomic mass is 10.0. The summed E-state index contributed by atoms with van der Waals surface area (Å²) in [6, 6.07) is 0. The average molecular weight is 1140 g/mol. The standard InChI is InChI=1S/C76H132O6/c1-4-7-10-13-16-19-22-25-28-31-33-35-36-37-38-39-40-42-43-45-48-51-54-57-60-63-66-69-75(78)81-72-73(71-80-74(77)68-65-62-59-56-53-50-47-30-27-24-21-18-15-12-9-6-3)82-76(79)70-67-64-61-58-55-52-49-46-44-41-34-32-29-26-23-20-17-14-11-8-5-2/h7,10,16,19,25,28,30,33,35,37-38,40,42,45,47-48,73H,4-6,8-9,11-15,17-18,20-24,26-27,29,31-32,34,36,39,41,43-44,46,49-72H2,1-3H3/b10-7-,19-16-,28-25-,35-33-,38-37-,42-40-,47-30-,48-45-. The van der Waals surface area contributed by atoms with Crippen LogP contribution in [0.4, 0.5) is 0 Å². The fourth-order valence-corrected chi connectivity index (χ4v) is 10.1. The predicted molar refractivity (Wildman–Crippen MR) is 357 cm³/mol. The van der Waals surface area contributed by atoms with E-state index in [4.69, 9.17) is 14.2 Å². The normalized spacial score (nSPS) is 12.7. The van der Waals surface area contributed by atoms with E-state index in [1.807, 2.05) is 0 Å². The minimum atomic E-state index is -0.790. The zero-order valence-electron chi connectivity index (χ0n) is 54.2. The van der Waals surface area contributed by atoms with Gasteiger partial charge in [0.1, 0.15) is 13.2 Å². The van der Waals surface area contributed by atoms with Crippen molar-refractivity contribution in [2.75, 3.05) is 13.2 Å². The third-order valence-corrected chi connectivity index (χ3v) is 15.3. The van der Waals surface area contributed by atoms with Crippen LogP contribution in [0.2, 0.25) is 0 Å². The van der Waals surface area contributed by atoms with Crippen molar-refractivity contribution in [1.82, 2.24) is 0 Å². The maximum Gasteiger partial charge on any atom is 0.306 e. The van der Waals surface area contributed by atoms with Crippen molar-refractivity contribution >= 4 is 17.9 Å². The van der Waals surface area contributed by atoms with E-state index < -0.39 is 6.10 Å². The Labute approximate surface area is 508 Å². The fourth-order valence-electron chi connectivity index (χ4n) is 10.1. The van der Waals surface area contributed by atoms with Gasteiger partial charge in [-0.3, -0.25) is 14.4 Å². The molecule has 1 atom stereocenters. The van der Waals surface area contributed by atoms with Crippen molar-refractivity contribution in [2.45, 2.75) is 354 Å². The Morgan fingerprint density at radius 2 is 0.476 bits per heavy atom. The van der Waals surface area contributed by atoms with Gasteiger partial charge in [-0.05, 0) is 103 Å². The molecular formula is C76H132O6. The first-order valence-corrected chi connectivity index (χ1v) is 35.2. The summed E-state index contributed by atoms with van der Waals surface area (Å²) in [7, 11) is 0. The van der Waals surface area contributed by atoms with E-state index in [2.05, 4.69) is 118 Å². The highest BCUT2D eigenvalue weighted by Crippen LogP contribution is 2.17. The van der Waals surface area contributed by atoms with E-state index in [0.717, 1.165) is 128 Å². The maximum absolute atomic E-state index is 13.0. The smallest absolute Gasteiger partial charge is 0.306 e. The Hall–Kier alpha value is -3.67.